The molecule has 1 aromatic rings. The van der Waals surface area contributed by atoms with E-state index in [0.717, 1.165) is 0 Å². The average molecular weight is 439 g/mol. The van der Waals surface area contributed by atoms with Gasteiger partial charge in [0.15, 0.2) is 0 Å². The van der Waals surface area contributed by atoms with Crippen LogP contribution in [0.25, 0.3) is 0 Å². The van der Waals surface area contributed by atoms with Gasteiger partial charge in [-0.3, -0.25) is 4.79 Å². The second kappa shape index (κ2) is 8.11. The van der Waals surface area contributed by atoms with Gasteiger partial charge in [-0.05, 0) is 20.8 Å². The van der Waals surface area contributed by atoms with Gasteiger partial charge in [0.1, 0.15) is 34.5 Å². The van der Waals surface area contributed by atoms with Gasteiger partial charge in [-0.2, -0.15) is 0 Å². The number of aromatic nitrogens is 1. The number of nitrogens with zero attached hydrogens (tertiary/aromatic N) is 4. The highest BCUT2D eigenvalue weighted by atomic mass is 35.5. The second-order valence-corrected chi connectivity index (χ2v) is 9.02. The summed E-state index contributed by atoms with van der Waals surface area (Å²) in [5.74, 6) is 0.808. The molecule has 0 spiro atoms. The highest BCUT2D eigenvalue weighted by Crippen LogP contribution is 2.35. The molecule has 2 fully saturated rings. The first kappa shape index (κ1) is 21.0. The van der Waals surface area contributed by atoms with E-state index in [4.69, 9.17) is 25.8 Å². The normalized spacial score (nSPS) is 22.1. The highest BCUT2D eigenvalue weighted by Gasteiger charge is 2.40. The first-order chi connectivity index (χ1) is 14.2. The van der Waals surface area contributed by atoms with Crippen molar-refractivity contribution in [1.82, 2.24) is 14.8 Å². The van der Waals surface area contributed by atoms with Crippen LogP contribution in [-0.2, 0) is 9.47 Å². The minimum Gasteiger partial charge on any atom is -0.490 e. The number of fused-ring (bicyclic) bond motifs is 2. The fourth-order valence-electron chi connectivity index (χ4n) is 3.89. The molecular formula is C20H27ClN4O5. The summed E-state index contributed by atoms with van der Waals surface area (Å²) in [5, 5.41) is 0.276. The predicted molar refractivity (Wildman–Crippen MR) is 110 cm³/mol. The van der Waals surface area contributed by atoms with Gasteiger partial charge in [0.25, 0.3) is 5.91 Å². The van der Waals surface area contributed by atoms with Crippen LogP contribution in [0.2, 0.25) is 5.15 Å². The van der Waals surface area contributed by atoms with E-state index in [1.807, 2.05) is 25.7 Å². The van der Waals surface area contributed by atoms with Crippen molar-refractivity contribution in [2.24, 2.45) is 0 Å². The number of carbonyl (C=O) groups is 2. The van der Waals surface area contributed by atoms with Crippen LogP contribution in [0.1, 0.15) is 31.1 Å². The summed E-state index contributed by atoms with van der Waals surface area (Å²) < 4.78 is 16.9. The maximum absolute atomic E-state index is 13.5. The Hall–Kier alpha value is -2.26. The number of piperazine rings is 1. The maximum atomic E-state index is 13.5. The van der Waals surface area contributed by atoms with Gasteiger partial charge < -0.3 is 28.9 Å². The summed E-state index contributed by atoms with van der Waals surface area (Å²) in [5.41, 5.74) is -0.148. The number of halogens is 1. The molecule has 10 heteroatoms. The van der Waals surface area contributed by atoms with Crippen molar-refractivity contribution in [3.63, 3.8) is 0 Å². The summed E-state index contributed by atoms with van der Waals surface area (Å²) in [6, 6.07) is 1.31. The number of ether oxygens (including phenoxy) is 3. The van der Waals surface area contributed by atoms with Gasteiger partial charge in [0, 0.05) is 38.8 Å². The molecule has 0 saturated carbocycles. The molecule has 4 rings (SSSR count). The molecule has 1 aromatic heterocycles. The predicted octanol–water partition coefficient (Wildman–Crippen LogP) is 2.03. The van der Waals surface area contributed by atoms with Gasteiger partial charge in [0.05, 0.1) is 19.3 Å². The van der Waals surface area contributed by atoms with E-state index >= 15 is 0 Å². The number of carbonyl (C=O) groups excluding carboxylic acids is 2. The number of rotatable bonds is 1. The Balaban J connectivity index is 1.58. The minimum absolute atomic E-state index is 0.151. The Morgan fingerprint density at radius 2 is 1.97 bits per heavy atom. The van der Waals surface area contributed by atoms with Crippen molar-refractivity contribution in [2.45, 2.75) is 32.4 Å². The minimum atomic E-state index is -0.574. The van der Waals surface area contributed by atoms with Crippen LogP contribution >= 0.6 is 11.6 Å². The van der Waals surface area contributed by atoms with Crippen LogP contribution in [0.4, 0.5) is 10.6 Å². The monoisotopic (exact) mass is 438 g/mol. The summed E-state index contributed by atoms with van der Waals surface area (Å²) >= 11 is 6.24. The number of morpholine rings is 1. The van der Waals surface area contributed by atoms with Gasteiger partial charge in [-0.15, -0.1) is 0 Å². The van der Waals surface area contributed by atoms with Crippen molar-refractivity contribution in [1.29, 1.82) is 0 Å². The van der Waals surface area contributed by atoms with Crippen LogP contribution in [0.5, 0.6) is 5.75 Å². The standard InChI is InChI=1S/C20H27ClN4O5/c1-20(2,3)30-19(27)24-4-5-25-13(11-24)12-29-14-10-15(21)22-17(16(14)18(25)26)23-6-8-28-9-7-23/h10,13H,4-9,11-12H2,1-3H3/t13-/m1/s1. The quantitative estimate of drug-likeness (QED) is 0.620. The average Bonchev–Trinajstić information content (AvgIpc) is 2.83. The lowest BCUT2D eigenvalue weighted by Gasteiger charge is -2.40. The van der Waals surface area contributed by atoms with E-state index in [2.05, 4.69) is 4.98 Å². The van der Waals surface area contributed by atoms with Crippen molar-refractivity contribution < 1.29 is 23.8 Å². The van der Waals surface area contributed by atoms with Crippen molar-refractivity contribution in [2.75, 3.05) is 57.4 Å². The summed E-state index contributed by atoms with van der Waals surface area (Å²) in [6.07, 6.45) is -0.380. The Kier molecular flexibility index (Phi) is 5.67. The Labute approximate surface area is 180 Å². The first-order valence-electron chi connectivity index (χ1n) is 10.2. The van der Waals surface area contributed by atoms with Crippen molar-refractivity contribution in [3.8, 4) is 5.75 Å². The highest BCUT2D eigenvalue weighted by molar-refractivity contribution is 6.30. The van der Waals surface area contributed by atoms with E-state index in [1.54, 1.807) is 15.9 Å². The molecule has 0 aromatic carbocycles. The third kappa shape index (κ3) is 4.27. The molecule has 1 atom stereocenters. The van der Waals surface area contributed by atoms with Crippen LogP contribution < -0.4 is 9.64 Å². The molecule has 3 aliphatic rings. The molecule has 0 bridgehead atoms. The van der Waals surface area contributed by atoms with Gasteiger partial charge in [-0.25, -0.2) is 9.78 Å². The SMILES string of the molecule is CC(C)(C)OC(=O)N1CCN2C(=O)c3c(cc(Cl)nc3N3CCOCC3)OC[C@H]2C1. The Morgan fingerprint density at radius 1 is 1.23 bits per heavy atom. The fraction of sp³-hybridized carbons (Fsp3) is 0.650. The van der Waals surface area contributed by atoms with E-state index in [-0.39, 0.29) is 29.8 Å². The largest absolute Gasteiger partial charge is 0.490 e. The van der Waals surface area contributed by atoms with Crippen LogP contribution in [-0.4, -0.2) is 91.0 Å². The van der Waals surface area contributed by atoms with Crippen molar-refractivity contribution >= 4 is 29.4 Å². The molecule has 0 aliphatic carbocycles. The molecule has 3 aliphatic heterocycles. The number of pyridine rings is 1. The summed E-state index contributed by atoms with van der Waals surface area (Å²) in [4.78, 5) is 35.9. The number of hydrogen-bond acceptors (Lipinski definition) is 7. The second-order valence-electron chi connectivity index (χ2n) is 8.63. The Morgan fingerprint density at radius 3 is 2.67 bits per heavy atom. The number of amides is 2. The van der Waals surface area contributed by atoms with E-state index in [9.17, 15) is 9.59 Å². The number of anilines is 1. The first-order valence-corrected chi connectivity index (χ1v) is 10.6. The zero-order valence-corrected chi connectivity index (χ0v) is 18.3. The lowest BCUT2D eigenvalue weighted by molar-refractivity contribution is 0.000953. The number of hydrogen-bond donors (Lipinski definition) is 0. The Bertz CT molecular complexity index is 837. The molecule has 0 radical (unpaired) electrons. The van der Waals surface area contributed by atoms with Gasteiger partial charge in [0.2, 0.25) is 0 Å². The lowest BCUT2D eigenvalue weighted by Crippen LogP contribution is -2.58. The van der Waals surface area contributed by atoms with Crippen LogP contribution in [0.3, 0.4) is 0 Å². The topological polar surface area (TPSA) is 84.4 Å². The molecular weight excluding hydrogens is 412 g/mol. The molecule has 0 unspecified atom stereocenters. The molecule has 164 valence electrons. The van der Waals surface area contributed by atoms with Gasteiger partial charge in [-0.1, -0.05) is 11.6 Å². The van der Waals surface area contributed by atoms with Crippen LogP contribution in [0.15, 0.2) is 6.07 Å². The van der Waals surface area contributed by atoms with Gasteiger partial charge >= 0.3 is 6.09 Å². The molecule has 30 heavy (non-hydrogen) atoms. The van der Waals surface area contributed by atoms with E-state index < -0.39 is 5.60 Å². The fourth-order valence-corrected chi connectivity index (χ4v) is 4.07. The lowest BCUT2D eigenvalue weighted by atomic mass is 10.1. The molecule has 0 N–H and O–H groups in total. The molecule has 2 amide bonds. The van der Waals surface area contributed by atoms with E-state index in [1.165, 1.54) is 0 Å². The molecule has 4 heterocycles. The molecule has 2 saturated heterocycles. The third-order valence-electron chi connectivity index (χ3n) is 5.28. The summed E-state index contributed by atoms with van der Waals surface area (Å²) in [6.45, 7) is 9.30. The van der Waals surface area contributed by atoms with E-state index in [0.29, 0.717) is 63.1 Å². The zero-order chi connectivity index (χ0) is 21.5. The molecule has 9 nitrogen and oxygen atoms in total. The summed E-state index contributed by atoms with van der Waals surface area (Å²) in [7, 11) is 0. The zero-order valence-electron chi connectivity index (χ0n) is 17.5. The van der Waals surface area contributed by atoms with Crippen molar-refractivity contribution in [3.05, 3.63) is 16.8 Å². The smallest absolute Gasteiger partial charge is 0.410 e. The van der Waals surface area contributed by atoms with Crippen LogP contribution in [0, 0.1) is 0 Å². The maximum Gasteiger partial charge on any atom is 0.410 e. The third-order valence-corrected chi connectivity index (χ3v) is 5.48.